The Kier molecular flexibility index (Phi) is 6.47. The highest BCUT2D eigenvalue weighted by molar-refractivity contribution is 7.89. The largest absolute Gasteiger partial charge is 0.350 e. The van der Waals surface area contributed by atoms with Gasteiger partial charge in [-0.2, -0.15) is 4.31 Å². The number of nitrogens with one attached hydrogen (secondary N) is 1. The first-order valence-electron chi connectivity index (χ1n) is 10.4. The fourth-order valence-corrected chi connectivity index (χ4v) is 6.27. The molecule has 0 bridgehead atoms. The third-order valence-electron chi connectivity index (χ3n) is 5.41. The van der Waals surface area contributed by atoms with E-state index in [1.807, 2.05) is 0 Å². The van der Waals surface area contributed by atoms with Crippen molar-refractivity contribution < 1.29 is 16.8 Å². The van der Waals surface area contributed by atoms with E-state index in [-0.39, 0.29) is 28.6 Å². The molecular formula is C20H25N5O5S2. The summed E-state index contributed by atoms with van der Waals surface area (Å²) in [5.41, 5.74) is 0.242. The number of rotatable bonds is 8. The summed E-state index contributed by atoms with van der Waals surface area (Å²) in [6.07, 6.45) is 4.66. The lowest BCUT2D eigenvalue weighted by atomic mass is 10.2. The Hall–Kier alpha value is -2.54. The number of hydrogen-bond acceptors (Lipinski definition) is 6. The molecule has 10 nitrogen and oxygen atoms in total. The number of pyridine rings is 1. The number of aromatic nitrogens is 3. The molecule has 1 fully saturated rings. The van der Waals surface area contributed by atoms with Crippen LogP contribution in [-0.4, -0.2) is 55.0 Å². The van der Waals surface area contributed by atoms with Gasteiger partial charge in [-0.1, -0.05) is 12.5 Å². The molecule has 1 aliphatic rings. The van der Waals surface area contributed by atoms with Crippen LogP contribution in [0.25, 0.3) is 5.65 Å². The van der Waals surface area contributed by atoms with Gasteiger partial charge in [0.25, 0.3) is 0 Å². The van der Waals surface area contributed by atoms with Crippen LogP contribution in [0.5, 0.6) is 0 Å². The summed E-state index contributed by atoms with van der Waals surface area (Å²) in [6.45, 7) is 1.34. The van der Waals surface area contributed by atoms with Gasteiger partial charge < -0.3 is 0 Å². The van der Waals surface area contributed by atoms with Gasteiger partial charge >= 0.3 is 5.69 Å². The minimum absolute atomic E-state index is 0.0139. The van der Waals surface area contributed by atoms with Gasteiger partial charge in [0.1, 0.15) is 0 Å². The Balaban J connectivity index is 1.37. The zero-order chi connectivity index (χ0) is 22.8. The smallest absolute Gasteiger partial charge is 0.250 e. The minimum Gasteiger partial charge on any atom is -0.250 e. The van der Waals surface area contributed by atoms with Gasteiger partial charge in [0.15, 0.2) is 5.65 Å². The molecule has 1 saturated heterocycles. The average Bonchev–Trinajstić information content (AvgIpc) is 3.13. The number of fused-ring (bicyclic) bond motifs is 1. The first-order valence-corrected chi connectivity index (χ1v) is 13.4. The van der Waals surface area contributed by atoms with E-state index >= 15 is 0 Å². The summed E-state index contributed by atoms with van der Waals surface area (Å²) in [5.74, 6) is 0. The molecule has 0 spiro atoms. The van der Waals surface area contributed by atoms with Gasteiger partial charge in [0.05, 0.1) is 9.79 Å². The van der Waals surface area contributed by atoms with Crippen molar-refractivity contribution in [2.24, 2.45) is 0 Å². The Morgan fingerprint density at radius 3 is 2.28 bits per heavy atom. The fraction of sp³-hybridized carbons (Fsp3) is 0.400. The number of hydrogen-bond donors (Lipinski definition) is 1. The molecule has 3 aromatic rings. The van der Waals surface area contributed by atoms with Gasteiger partial charge in [0, 0.05) is 32.4 Å². The van der Waals surface area contributed by atoms with Crippen molar-refractivity contribution in [2.75, 3.05) is 19.6 Å². The van der Waals surface area contributed by atoms with Crippen LogP contribution in [0.15, 0.2) is 63.2 Å². The van der Waals surface area contributed by atoms with Crippen LogP contribution in [0.4, 0.5) is 0 Å². The number of nitrogens with zero attached hydrogens (tertiary/aromatic N) is 4. The molecule has 0 aliphatic carbocycles. The average molecular weight is 480 g/mol. The molecular weight excluding hydrogens is 454 g/mol. The van der Waals surface area contributed by atoms with Crippen molar-refractivity contribution >= 4 is 25.7 Å². The highest BCUT2D eigenvalue weighted by Crippen LogP contribution is 2.21. The third-order valence-corrected chi connectivity index (χ3v) is 8.80. The maximum atomic E-state index is 12.7. The Morgan fingerprint density at radius 1 is 0.906 bits per heavy atom. The normalized spacial score (nSPS) is 15.9. The fourth-order valence-electron chi connectivity index (χ4n) is 3.68. The monoisotopic (exact) mass is 479 g/mol. The highest BCUT2D eigenvalue weighted by Gasteiger charge is 2.26. The highest BCUT2D eigenvalue weighted by atomic mass is 32.2. The van der Waals surface area contributed by atoms with Crippen molar-refractivity contribution in [3.05, 3.63) is 59.1 Å². The van der Waals surface area contributed by atoms with Gasteiger partial charge in [-0.05, 0) is 55.7 Å². The molecule has 1 aromatic carbocycles. The van der Waals surface area contributed by atoms with Gasteiger partial charge in [-0.3, -0.25) is 4.40 Å². The minimum atomic E-state index is -3.81. The molecule has 32 heavy (non-hydrogen) atoms. The van der Waals surface area contributed by atoms with Crippen LogP contribution in [0, 0.1) is 0 Å². The van der Waals surface area contributed by atoms with Crippen LogP contribution < -0.4 is 10.4 Å². The molecule has 1 N–H and O–H groups in total. The quantitative estimate of drug-likeness (QED) is 0.482. The predicted octanol–water partition coefficient (Wildman–Crippen LogP) is 1.04. The summed E-state index contributed by atoms with van der Waals surface area (Å²) in [7, 11) is -7.42. The zero-order valence-electron chi connectivity index (χ0n) is 17.4. The van der Waals surface area contributed by atoms with Crippen LogP contribution in [0.2, 0.25) is 0 Å². The second-order valence-corrected chi connectivity index (χ2v) is 11.3. The number of sulfonamides is 2. The lowest BCUT2D eigenvalue weighted by molar-refractivity contribution is 0.346. The number of benzene rings is 1. The first-order chi connectivity index (χ1) is 15.3. The molecule has 1 aliphatic heterocycles. The summed E-state index contributed by atoms with van der Waals surface area (Å²) >= 11 is 0. The summed E-state index contributed by atoms with van der Waals surface area (Å²) in [5, 5.41) is 4.20. The van der Waals surface area contributed by atoms with E-state index in [4.69, 9.17) is 0 Å². The Labute approximate surface area is 186 Å². The van der Waals surface area contributed by atoms with Crippen LogP contribution in [0.3, 0.4) is 0 Å². The molecule has 172 valence electrons. The maximum Gasteiger partial charge on any atom is 0.350 e. The third kappa shape index (κ3) is 4.63. The molecule has 0 unspecified atom stereocenters. The van der Waals surface area contributed by atoms with E-state index in [0.29, 0.717) is 25.2 Å². The molecule has 2 aromatic heterocycles. The zero-order valence-corrected chi connectivity index (χ0v) is 19.1. The SMILES string of the molecule is O=c1n(CCCNS(=O)(=O)c2ccc(S(=O)(=O)N3CCCCC3)cc2)nc2ccccn12. The van der Waals surface area contributed by atoms with Gasteiger partial charge in [0.2, 0.25) is 20.0 Å². The van der Waals surface area contributed by atoms with E-state index in [0.717, 1.165) is 19.3 Å². The molecule has 4 rings (SSSR count). The number of piperidine rings is 1. The van der Waals surface area contributed by atoms with Crippen molar-refractivity contribution in [1.29, 1.82) is 0 Å². The van der Waals surface area contributed by atoms with Crippen molar-refractivity contribution in [3.63, 3.8) is 0 Å². The van der Waals surface area contributed by atoms with E-state index in [1.165, 1.54) is 37.7 Å². The van der Waals surface area contributed by atoms with Gasteiger partial charge in [-0.15, -0.1) is 5.10 Å². The molecule has 12 heteroatoms. The summed E-state index contributed by atoms with van der Waals surface area (Å²) < 4.78 is 57.2. The van der Waals surface area contributed by atoms with E-state index in [9.17, 15) is 21.6 Å². The molecule has 3 heterocycles. The van der Waals surface area contributed by atoms with Crippen LogP contribution >= 0.6 is 0 Å². The van der Waals surface area contributed by atoms with Crippen molar-refractivity contribution in [3.8, 4) is 0 Å². The summed E-state index contributed by atoms with van der Waals surface area (Å²) in [4.78, 5) is 12.3. The molecule has 0 amide bonds. The first kappa shape index (κ1) is 22.6. The van der Waals surface area contributed by atoms with Crippen molar-refractivity contribution in [2.45, 2.75) is 42.0 Å². The van der Waals surface area contributed by atoms with Crippen LogP contribution in [-0.2, 0) is 26.6 Å². The predicted molar refractivity (Wildman–Crippen MR) is 118 cm³/mol. The van der Waals surface area contributed by atoms with E-state index in [2.05, 4.69) is 9.82 Å². The second-order valence-electron chi connectivity index (χ2n) is 7.62. The van der Waals surface area contributed by atoms with Crippen molar-refractivity contribution in [1.82, 2.24) is 23.2 Å². The van der Waals surface area contributed by atoms with Crippen LogP contribution in [0.1, 0.15) is 25.7 Å². The topological polar surface area (TPSA) is 123 Å². The van der Waals surface area contributed by atoms with E-state index < -0.39 is 20.0 Å². The lowest BCUT2D eigenvalue weighted by Crippen LogP contribution is -2.35. The number of aryl methyl sites for hydroxylation is 1. The van der Waals surface area contributed by atoms with Gasteiger partial charge in [-0.25, -0.2) is 31.0 Å². The summed E-state index contributed by atoms with van der Waals surface area (Å²) in [6, 6.07) is 10.5. The second kappa shape index (κ2) is 9.14. The Bertz CT molecular complexity index is 1360. The maximum absolute atomic E-state index is 12.7. The molecule has 0 atom stereocenters. The molecule has 0 saturated carbocycles. The van der Waals surface area contributed by atoms with E-state index in [1.54, 1.807) is 24.4 Å². The molecule has 0 radical (unpaired) electrons. The standard InChI is InChI=1S/C20H25N5O5S2/c26-20-24-15-5-2-7-19(24)22-25(20)16-6-12-21-31(27,28)17-8-10-18(11-9-17)32(29,30)23-13-3-1-4-14-23/h2,5,7-11,15,21H,1,3-4,6,12-14,16H2. The Morgan fingerprint density at radius 2 is 1.59 bits per heavy atom. The lowest BCUT2D eigenvalue weighted by Gasteiger charge is -2.25.